The van der Waals surface area contributed by atoms with E-state index in [1.807, 2.05) is 30.3 Å². The maximum Gasteiger partial charge on any atom is 0.228 e. The van der Waals surface area contributed by atoms with Crippen LogP contribution in [0.4, 0.5) is 11.6 Å². The number of carbonyl (C=O) groups excluding carboxylic acids is 1. The number of fused-ring (bicyclic) bond motifs is 1. The SMILES string of the molecule is Nc1nc2ccccc2nc1NC(=O)C1CCN(Cc2ccccc2)CC1. The molecular formula is C21H23N5O. The lowest BCUT2D eigenvalue weighted by Crippen LogP contribution is -2.38. The monoisotopic (exact) mass is 361 g/mol. The number of amides is 1. The summed E-state index contributed by atoms with van der Waals surface area (Å²) in [7, 11) is 0. The number of hydrogen-bond donors (Lipinski definition) is 2. The van der Waals surface area contributed by atoms with Gasteiger partial charge in [-0.15, -0.1) is 0 Å². The number of piperidine rings is 1. The molecule has 2 heterocycles. The number of benzene rings is 2. The van der Waals surface area contributed by atoms with Gasteiger partial charge in [-0.3, -0.25) is 9.69 Å². The molecule has 0 aliphatic carbocycles. The van der Waals surface area contributed by atoms with E-state index in [4.69, 9.17) is 5.73 Å². The molecule has 0 spiro atoms. The maximum atomic E-state index is 12.7. The van der Waals surface area contributed by atoms with Crippen molar-refractivity contribution >= 4 is 28.6 Å². The van der Waals surface area contributed by atoms with E-state index < -0.39 is 0 Å². The quantitative estimate of drug-likeness (QED) is 0.746. The zero-order valence-electron chi connectivity index (χ0n) is 15.1. The lowest BCUT2D eigenvalue weighted by Gasteiger charge is -2.31. The van der Waals surface area contributed by atoms with Gasteiger partial charge in [0.2, 0.25) is 5.91 Å². The van der Waals surface area contributed by atoms with Crippen molar-refractivity contribution in [1.29, 1.82) is 0 Å². The Balaban J connectivity index is 1.36. The van der Waals surface area contributed by atoms with Crippen LogP contribution in [0.1, 0.15) is 18.4 Å². The van der Waals surface area contributed by atoms with Gasteiger partial charge in [-0.25, -0.2) is 9.97 Å². The number of nitrogen functional groups attached to an aromatic ring is 1. The summed E-state index contributed by atoms with van der Waals surface area (Å²) in [4.78, 5) is 23.8. The number of nitrogens with one attached hydrogen (secondary N) is 1. The average Bonchev–Trinajstić information content (AvgIpc) is 2.70. The van der Waals surface area contributed by atoms with Crippen molar-refractivity contribution in [3.8, 4) is 0 Å². The van der Waals surface area contributed by atoms with Gasteiger partial charge in [0.05, 0.1) is 11.0 Å². The molecule has 0 unspecified atom stereocenters. The number of aromatic nitrogens is 2. The fourth-order valence-electron chi connectivity index (χ4n) is 3.52. The van der Waals surface area contributed by atoms with Gasteiger partial charge in [-0.2, -0.15) is 0 Å². The molecule has 0 bridgehead atoms. The predicted molar refractivity (Wildman–Crippen MR) is 107 cm³/mol. The van der Waals surface area contributed by atoms with Crippen molar-refractivity contribution in [3.05, 3.63) is 60.2 Å². The minimum absolute atomic E-state index is 0.0226. The van der Waals surface area contributed by atoms with Crippen molar-refractivity contribution in [1.82, 2.24) is 14.9 Å². The Hall–Kier alpha value is -2.99. The maximum absolute atomic E-state index is 12.7. The van der Waals surface area contributed by atoms with Gasteiger partial charge in [-0.1, -0.05) is 42.5 Å². The molecule has 1 aliphatic rings. The van der Waals surface area contributed by atoms with Crippen LogP contribution < -0.4 is 11.1 Å². The molecule has 1 amide bonds. The molecule has 6 nitrogen and oxygen atoms in total. The first kappa shape index (κ1) is 17.4. The number of carbonyl (C=O) groups is 1. The van der Waals surface area contributed by atoms with Gasteiger partial charge >= 0.3 is 0 Å². The fourth-order valence-corrected chi connectivity index (χ4v) is 3.52. The number of likely N-dealkylation sites (tertiary alicyclic amines) is 1. The molecule has 0 radical (unpaired) electrons. The Morgan fingerprint density at radius 2 is 1.63 bits per heavy atom. The zero-order valence-corrected chi connectivity index (χ0v) is 15.1. The summed E-state index contributed by atoms with van der Waals surface area (Å²) in [5, 5.41) is 2.88. The van der Waals surface area contributed by atoms with E-state index in [1.165, 1.54) is 5.56 Å². The first-order chi connectivity index (χ1) is 13.2. The van der Waals surface area contributed by atoms with Crippen LogP contribution in [0.2, 0.25) is 0 Å². The molecule has 0 atom stereocenters. The normalized spacial score (nSPS) is 15.7. The van der Waals surface area contributed by atoms with Crippen LogP contribution in [0.25, 0.3) is 11.0 Å². The highest BCUT2D eigenvalue weighted by Crippen LogP contribution is 2.23. The van der Waals surface area contributed by atoms with E-state index >= 15 is 0 Å². The third kappa shape index (κ3) is 4.06. The fraction of sp³-hybridized carbons (Fsp3) is 0.286. The minimum Gasteiger partial charge on any atom is -0.381 e. The van der Waals surface area contributed by atoms with Crippen LogP contribution in [-0.2, 0) is 11.3 Å². The molecular weight excluding hydrogens is 338 g/mol. The number of nitrogens with two attached hydrogens (primary N) is 1. The van der Waals surface area contributed by atoms with Crippen molar-refractivity contribution in [3.63, 3.8) is 0 Å². The van der Waals surface area contributed by atoms with Crippen LogP contribution >= 0.6 is 0 Å². The average molecular weight is 361 g/mol. The summed E-state index contributed by atoms with van der Waals surface area (Å²) in [6, 6.07) is 17.9. The second-order valence-electron chi connectivity index (χ2n) is 6.97. The lowest BCUT2D eigenvalue weighted by atomic mass is 9.95. The summed E-state index contributed by atoms with van der Waals surface area (Å²) in [6.45, 7) is 2.75. The molecule has 27 heavy (non-hydrogen) atoms. The number of hydrogen-bond acceptors (Lipinski definition) is 5. The van der Waals surface area contributed by atoms with Crippen LogP contribution in [0.5, 0.6) is 0 Å². The second-order valence-corrected chi connectivity index (χ2v) is 6.97. The standard InChI is InChI=1S/C21H23N5O/c22-19-20(24-18-9-5-4-8-17(18)23-19)25-21(27)16-10-12-26(13-11-16)14-15-6-2-1-3-7-15/h1-9,16H,10-14H2,(H2,22,23)(H,24,25,27). The molecule has 3 N–H and O–H groups in total. The highest BCUT2D eigenvalue weighted by molar-refractivity contribution is 5.95. The summed E-state index contributed by atoms with van der Waals surface area (Å²) in [5.74, 6) is 0.560. The molecule has 1 saturated heterocycles. The van der Waals surface area contributed by atoms with Crippen LogP contribution in [0, 0.1) is 5.92 Å². The smallest absolute Gasteiger partial charge is 0.228 e. The van der Waals surface area contributed by atoms with E-state index in [9.17, 15) is 4.79 Å². The molecule has 3 aromatic rings. The first-order valence-corrected chi connectivity index (χ1v) is 9.28. The number of nitrogens with zero attached hydrogens (tertiary/aromatic N) is 3. The van der Waals surface area contributed by atoms with E-state index in [-0.39, 0.29) is 17.6 Å². The Labute approximate surface area is 158 Å². The van der Waals surface area contributed by atoms with E-state index in [0.717, 1.165) is 43.5 Å². The third-order valence-electron chi connectivity index (χ3n) is 5.05. The highest BCUT2D eigenvalue weighted by atomic mass is 16.2. The molecule has 1 aromatic heterocycles. The van der Waals surface area contributed by atoms with E-state index in [2.05, 4.69) is 44.5 Å². The zero-order chi connectivity index (χ0) is 18.6. The lowest BCUT2D eigenvalue weighted by molar-refractivity contribution is -0.121. The number of rotatable bonds is 4. The molecule has 6 heteroatoms. The Morgan fingerprint density at radius 3 is 2.33 bits per heavy atom. The van der Waals surface area contributed by atoms with Crippen LogP contribution in [-0.4, -0.2) is 33.9 Å². The molecule has 2 aromatic carbocycles. The van der Waals surface area contributed by atoms with E-state index in [1.54, 1.807) is 0 Å². The third-order valence-corrected chi connectivity index (χ3v) is 5.05. The molecule has 138 valence electrons. The Bertz CT molecular complexity index is 936. The summed E-state index contributed by atoms with van der Waals surface area (Å²) < 4.78 is 0. The molecule has 1 aliphatic heterocycles. The van der Waals surface area contributed by atoms with Gasteiger partial charge in [0.1, 0.15) is 0 Å². The Kier molecular flexibility index (Phi) is 4.98. The molecule has 4 rings (SSSR count). The highest BCUT2D eigenvalue weighted by Gasteiger charge is 2.26. The van der Waals surface area contributed by atoms with Gasteiger partial charge in [-0.05, 0) is 43.6 Å². The van der Waals surface area contributed by atoms with Gasteiger partial charge in [0, 0.05) is 12.5 Å². The largest absolute Gasteiger partial charge is 0.381 e. The van der Waals surface area contributed by atoms with Crippen LogP contribution in [0.3, 0.4) is 0 Å². The summed E-state index contributed by atoms with van der Waals surface area (Å²) >= 11 is 0. The molecule has 1 fully saturated rings. The minimum atomic E-state index is -0.0234. The second kappa shape index (κ2) is 7.72. The number of anilines is 2. The van der Waals surface area contributed by atoms with Gasteiger partial charge in [0.15, 0.2) is 11.6 Å². The van der Waals surface area contributed by atoms with Crippen LogP contribution in [0.15, 0.2) is 54.6 Å². The topological polar surface area (TPSA) is 84.1 Å². The molecule has 0 saturated carbocycles. The summed E-state index contributed by atoms with van der Waals surface area (Å²) in [5.41, 5.74) is 8.73. The van der Waals surface area contributed by atoms with Crippen molar-refractivity contribution in [2.24, 2.45) is 5.92 Å². The van der Waals surface area contributed by atoms with E-state index in [0.29, 0.717) is 5.82 Å². The van der Waals surface area contributed by atoms with Crippen molar-refractivity contribution in [2.75, 3.05) is 24.1 Å². The van der Waals surface area contributed by atoms with Crippen molar-refractivity contribution in [2.45, 2.75) is 19.4 Å². The number of para-hydroxylation sites is 2. The van der Waals surface area contributed by atoms with Gasteiger partial charge in [0.25, 0.3) is 0 Å². The Morgan fingerprint density at radius 1 is 1.00 bits per heavy atom. The first-order valence-electron chi connectivity index (χ1n) is 9.28. The van der Waals surface area contributed by atoms with Gasteiger partial charge < -0.3 is 11.1 Å². The predicted octanol–water partition coefficient (Wildman–Crippen LogP) is 3.06. The van der Waals surface area contributed by atoms with Crippen molar-refractivity contribution < 1.29 is 4.79 Å². The summed E-state index contributed by atoms with van der Waals surface area (Å²) in [6.07, 6.45) is 1.67.